The lowest BCUT2D eigenvalue weighted by Gasteiger charge is -1.97. The number of rotatable bonds is 2. The van der Waals surface area contributed by atoms with Crippen molar-refractivity contribution >= 4 is 0 Å². The van der Waals surface area contributed by atoms with E-state index >= 15 is 0 Å². The van der Waals surface area contributed by atoms with Crippen LogP contribution in [0.3, 0.4) is 0 Å². The third-order valence-electron chi connectivity index (χ3n) is 1.31. The van der Waals surface area contributed by atoms with Crippen LogP contribution in [0, 0.1) is 6.92 Å². The maximum atomic E-state index is 11.0. The monoisotopic (exact) mass is 154 g/mol. The van der Waals surface area contributed by atoms with E-state index in [9.17, 15) is 4.79 Å². The van der Waals surface area contributed by atoms with E-state index in [0.29, 0.717) is 18.0 Å². The Morgan fingerprint density at radius 3 is 3.00 bits per heavy atom. The third-order valence-corrected chi connectivity index (χ3v) is 1.31. The van der Waals surface area contributed by atoms with Crippen LogP contribution in [0.1, 0.15) is 11.4 Å². The summed E-state index contributed by atoms with van der Waals surface area (Å²) < 4.78 is 4.79. The highest BCUT2D eigenvalue weighted by atomic mass is 16.5. The van der Waals surface area contributed by atoms with Crippen molar-refractivity contribution in [2.45, 2.75) is 13.5 Å². The van der Waals surface area contributed by atoms with Crippen LogP contribution >= 0.6 is 0 Å². The van der Waals surface area contributed by atoms with Gasteiger partial charge in [-0.15, -0.1) is 0 Å². The summed E-state index contributed by atoms with van der Waals surface area (Å²) in [5.74, 6) is 0.558. The zero-order valence-electron chi connectivity index (χ0n) is 6.55. The van der Waals surface area contributed by atoms with Gasteiger partial charge in [-0.25, -0.2) is 4.98 Å². The Balaban J connectivity index is 2.96. The number of ether oxygens (including phenoxy) is 1. The minimum atomic E-state index is -0.105. The molecule has 11 heavy (non-hydrogen) atoms. The van der Waals surface area contributed by atoms with Gasteiger partial charge in [0.1, 0.15) is 12.4 Å². The Labute approximate surface area is 64.2 Å². The predicted molar refractivity (Wildman–Crippen MR) is 40.3 cm³/mol. The molecule has 1 heterocycles. The second-order valence-corrected chi connectivity index (χ2v) is 2.28. The van der Waals surface area contributed by atoms with Crippen molar-refractivity contribution < 1.29 is 4.74 Å². The molecule has 0 saturated carbocycles. The van der Waals surface area contributed by atoms with Crippen LogP contribution in [0.5, 0.6) is 0 Å². The first kappa shape index (κ1) is 7.94. The van der Waals surface area contributed by atoms with Crippen molar-refractivity contribution in [1.29, 1.82) is 0 Å². The summed E-state index contributed by atoms with van der Waals surface area (Å²) in [6.45, 7) is 2.05. The van der Waals surface area contributed by atoms with E-state index in [4.69, 9.17) is 4.74 Å². The van der Waals surface area contributed by atoms with Crippen molar-refractivity contribution in [3.8, 4) is 0 Å². The minimum Gasteiger partial charge on any atom is -0.377 e. The summed E-state index contributed by atoms with van der Waals surface area (Å²) in [5.41, 5.74) is 0.511. The van der Waals surface area contributed by atoms with Gasteiger partial charge in [-0.3, -0.25) is 4.79 Å². The quantitative estimate of drug-likeness (QED) is 0.663. The van der Waals surface area contributed by atoms with Crippen molar-refractivity contribution in [3.05, 3.63) is 27.9 Å². The Kier molecular flexibility index (Phi) is 2.38. The number of methoxy groups -OCH3 is 1. The topological polar surface area (TPSA) is 55.0 Å². The molecule has 4 nitrogen and oxygen atoms in total. The fourth-order valence-electron chi connectivity index (χ4n) is 0.705. The van der Waals surface area contributed by atoms with E-state index in [0.717, 1.165) is 0 Å². The second kappa shape index (κ2) is 3.30. The maximum absolute atomic E-state index is 11.0. The molecule has 1 aromatic heterocycles. The van der Waals surface area contributed by atoms with Gasteiger partial charge < -0.3 is 9.72 Å². The zero-order chi connectivity index (χ0) is 8.27. The summed E-state index contributed by atoms with van der Waals surface area (Å²) in [6, 6.07) is 0. The number of aromatic nitrogens is 2. The van der Waals surface area contributed by atoms with Crippen LogP contribution in [-0.4, -0.2) is 17.1 Å². The lowest BCUT2D eigenvalue weighted by molar-refractivity contribution is 0.177. The number of nitrogens with zero attached hydrogens (tertiary/aromatic N) is 1. The van der Waals surface area contributed by atoms with Gasteiger partial charge in [0.25, 0.3) is 5.56 Å². The molecule has 0 unspecified atom stereocenters. The van der Waals surface area contributed by atoms with Gasteiger partial charge in [-0.2, -0.15) is 0 Å². The van der Waals surface area contributed by atoms with Gasteiger partial charge in [-0.05, 0) is 6.92 Å². The van der Waals surface area contributed by atoms with Crippen molar-refractivity contribution in [2.75, 3.05) is 7.11 Å². The molecule has 0 aliphatic rings. The summed E-state index contributed by atoms with van der Waals surface area (Å²) in [7, 11) is 1.56. The van der Waals surface area contributed by atoms with Gasteiger partial charge in [0.2, 0.25) is 0 Å². The number of nitrogens with one attached hydrogen (secondary N) is 1. The first-order valence-electron chi connectivity index (χ1n) is 3.28. The summed E-state index contributed by atoms with van der Waals surface area (Å²) in [5, 5.41) is 0. The van der Waals surface area contributed by atoms with Crippen LogP contribution < -0.4 is 5.56 Å². The molecule has 0 atom stereocenters. The first-order chi connectivity index (χ1) is 5.24. The first-order valence-corrected chi connectivity index (χ1v) is 3.28. The predicted octanol–water partition coefficient (Wildman–Crippen LogP) is 0.225. The van der Waals surface area contributed by atoms with E-state index < -0.39 is 0 Å². The molecule has 0 aromatic carbocycles. The molecule has 1 rings (SSSR count). The third kappa shape index (κ3) is 1.88. The Bertz CT molecular complexity index is 293. The summed E-state index contributed by atoms with van der Waals surface area (Å²) in [6.07, 6.45) is 1.53. The molecule has 0 aliphatic heterocycles. The fourth-order valence-corrected chi connectivity index (χ4v) is 0.705. The SMILES string of the molecule is COCc1ncc(C)c(=O)[nH]1. The molecule has 0 amide bonds. The lowest BCUT2D eigenvalue weighted by atomic mass is 10.4. The van der Waals surface area contributed by atoms with E-state index in [-0.39, 0.29) is 5.56 Å². The van der Waals surface area contributed by atoms with Gasteiger partial charge in [0.15, 0.2) is 0 Å². The average Bonchev–Trinajstić information content (AvgIpc) is 1.98. The van der Waals surface area contributed by atoms with Gasteiger partial charge in [-0.1, -0.05) is 0 Å². The molecule has 0 radical (unpaired) electrons. The van der Waals surface area contributed by atoms with Gasteiger partial charge in [0, 0.05) is 18.9 Å². The highest BCUT2D eigenvalue weighted by molar-refractivity contribution is 5.02. The molecule has 4 heteroatoms. The second-order valence-electron chi connectivity index (χ2n) is 2.28. The van der Waals surface area contributed by atoms with Crippen LogP contribution in [0.25, 0.3) is 0 Å². The highest BCUT2D eigenvalue weighted by Crippen LogP contribution is 1.88. The van der Waals surface area contributed by atoms with Crippen LogP contribution in [0.2, 0.25) is 0 Å². The van der Waals surface area contributed by atoms with Crippen LogP contribution in [0.4, 0.5) is 0 Å². The molecule has 1 N–H and O–H groups in total. The molecule has 0 saturated heterocycles. The van der Waals surface area contributed by atoms with E-state index in [1.165, 1.54) is 6.20 Å². The summed E-state index contributed by atoms with van der Waals surface area (Å²) in [4.78, 5) is 17.5. The normalized spacial score (nSPS) is 10.0. The largest absolute Gasteiger partial charge is 0.377 e. The zero-order valence-corrected chi connectivity index (χ0v) is 6.55. The molecular weight excluding hydrogens is 144 g/mol. The smallest absolute Gasteiger partial charge is 0.253 e. The highest BCUT2D eigenvalue weighted by Gasteiger charge is 1.95. The Hall–Kier alpha value is -1.16. The molecule has 0 fully saturated rings. The average molecular weight is 154 g/mol. The van der Waals surface area contributed by atoms with Crippen molar-refractivity contribution in [3.63, 3.8) is 0 Å². The molecule has 60 valence electrons. The number of hydrogen-bond donors (Lipinski definition) is 1. The molecule has 0 bridgehead atoms. The number of aryl methyl sites for hydroxylation is 1. The number of aromatic amines is 1. The molecular formula is C7H10N2O2. The molecule has 0 spiro atoms. The number of hydrogen-bond acceptors (Lipinski definition) is 3. The molecule has 0 aliphatic carbocycles. The molecule has 1 aromatic rings. The van der Waals surface area contributed by atoms with Crippen LogP contribution in [0.15, 0.2) is 11.0 Å². The Morgan fingerprint density at radius 2 is 2.45 bits per heavy atom. The summed E-state index contributed by atoms with van der Waals surface area (Å²) >= 11 is 0. The van der Waals surface area contributed by atoms with E-state index in [1.807, 2.05) is 0 Å². The van der Waals surface area contributed by atoms with Gasteiger partial charge in [0.05, 0.1) is 0 Å². The lowest BCUT2D eigenvalue weighted by Crippen LogP contribution is -2.13. The minimum absolute atomic E-state index is 0.105. The van der Waals surface area contributed by atoms with E-state index in [1.54, 1.807) is 14.0 Å². The maximum Gasteiger partial charge on any atom is 0.253 e. The Morgan fingerprint density at radius 1 is 1.73 bits per heavy atom. The van der Waals surface area contributed by atoms with E-state index in [2.05, 4.69) is 9.97 Å². The fraction of sp³-hybridized carbons (Fsp3) is 0.429. The van der Waals surface area contributed by atoms with Gasteiger partial charge >= 0.3 is 0 Å². The van der Waals surface area contributed by atoms with Crippen molar-refractivity contribution in [1.82, 2.24) is 9.97 Å². The standard InChI is InChI=1S/C7H10N2O2/c1-5-3-8-6(4-11-2)9-7(5)10/h3H,4H2,1-2H3,(H,8,9,10). The number of H-pyrrole nitrogens is 1. The van der Waals surface area contributed by atoms with Crippen LogP contribution in [-0.2, 0) is 11.3 Å². The van der Waals surface area contributed by atoms with Crippen molar-refractivity contribution in [2.24, 2.45) is 0 Å².